The van der Waals surface area contributed by atoms with Gasteiger partial charge in [-0.05, 0) is 87.7 Å². The zero-order valence-electron chi connectivity index (χ0n) is 19.4. The second-order valence-corrected chi connectivity index (χ2v) is 9.78. The van der Waals surface area contributed by atoms with E-state index in [0.717, 1.165) is 44.5 Å². The molecule has 2 aliphatic rings. The quantitative estimate of drug-likeness (QED) is 0.565. The minimum absolute atomic E-state index is 0.333. The maximum absolute atomic E-state index is 12.9. The number of rotatable bonds is 7. The largest absolute Gasteiger partial charge is 0.301 e. The van der Waals surface area contributed by atoms with Gasteiger partial charge in [0.25, 0.3) is 0 Å². The van der Waals surface area contributed by atoms with E-state index in [0.29, 0.717) is 24.2 Å². The molecule has 0 atom stereocenters. The van der Waals surface area contributed by atoms with Crippen LogP contribution in [0.2, 0.25) is 0 Å². The van der Waals surface area contributed by atoms with Crippen LogP contribution in [0.5, 0.6) is 0 Å². The predicted octanol–water partition coefficient (Wildman–Crippen LogP) is 5.37. The van der Waals surface area contributed by atoms with Gasteiger partial charge in [-0.2, -0.15) is 0 Å². The summed E-state index contributed by atoms with van der Waals surface area (Å²) in [4.78, 5) is 18.0. The van der Waals surface area contributed by atoms with E-state index >= 15 is 0 Å². The molecule has 2 aliphatic heterocycles. The Kier molecular flexibility index (Phi) is 7.58. The lowest BCUT2D eigenvalue weighted by Gasteiger charge is -2.34. The monoisotopic (exact) mass is 418 g/mol. The van der Waals surface area contributed by atoms with Gasteiger partial charge >= 0.3 is 0 Å². The molecule has 4 rings (SSSR count). The highest BCUT2D eigenvalue weighted by Gasteiger charge is 2.22. The highest BCUT2D eigenvalue weighted by Crippen LogP contribution is 2.25. The van der Waals surface area contributed by atoms with E-state index in [4.69, 9.17) is 0 Å². The first kappa shape index (κ1) is 22.2. The molecule has 2 heterocycles. The molecule has 0 aliphatic carbocycles. The highest BCUT2D eigenvalue weighted by atomic mass is 16.1. The van der Waals surface area contributed by atoms with Crippen molar-refractivity contribution >= 4 is 5.78 Å². The molecule has 0 radical (unpaired) electrons. The topological polar surface area (TPSA) is 23.6 Å². The Morgan fingerprint density at radius 2 is 1.65 bits per heavy atom. The first-order valence-corrected chi connectivity index (χ1v) is 12.2. The van der Waals surface area contributed by atoms with Crippen LogP contribution in [0.15, 0.2) is 48.5 Å². The molecule has 0 amide bonds. The Labute approximate surface area is 188 Å². The smallest absolute Gasteiger partial charge is 0.162 e. The van der Waals surface area contributed by atoms with Crippen LogP contribution < -0.4 is 0 Å². The number of hydrogen-bond donors (Lipinski definition) is 0. The first-order chi connectivity index (χ1) is 15.1. The average Bonchev–Trinajstić information content (AvgIpc) is 3.00. The van der Waals surface area contributed by atoms with Crippen molar-refractivity contribution in [3.8, 4) is 0 Å². The number of nitrogens with zero attached hydrogens (tertiary/aromatic N) is 2. The summed E-state index contributed by atoms with van der Waals surface area (Å²) in [5.74, 6) is 1.05. The molecule has 3 nitrogen and oxygen atoms in total. The maximum atomic E-state index is 12.9. The second kappa shape index (κ2) is 10.6. The Bertz CT molecular complexity index is 853. The maximum Gasteiger partial charge on any atom is 0.162 e. The number of likely N-dealkylation sites (tertiary alicyclic amines) is 1. The number of benzene rings is 2. The van der Waals surface area contributed by atoms with E-state index in [-0.39, 0.29) is 0 Å². The number of hydrogen-bond acceptors (Lipinski definition) is 3. The number of ketones is 1. The summed E-state index contributed by atoms with van der Waals surface area (Å²) in [7, 11) is 0. The van der Waals surface area contributed by atoms with Crippen molar-refractivity contribution in [3.05, 3.63) is 70.8 Å². The van der Waals surface area contributed by atoms with Gasteiger partial charge in [-0.25, -0.2) is 0 Å². The van der Waals surface area contributed by atoms with E-state index in [1.54, 1.807) is 0 Å². The van der Waals surface area contributed by atoms with Gasteiger partial charge in [0.05, 0.1) is 0 Å². The lowest BCUT2D eigenvalue weighted by molar-refractivity contribution is 0.0955. The van der Waals surface area contributed by atoms with Crippen molar-refractivity contribution in [1.82, 2.24) is 9.80 Å². The molecule has 0 aromatic heterocycles. The summed E-state index contributed by atoms with van der Waals surface area (Å²) in [6.07, 6.45) is 6.35. The van der Waals surface area contributed by atoms with Crippen LogP contribution >= 0.6 is 0 Å². The Balaban J connectivity index is 1.29. The molecule has 0 N–H and O–H groups in total. The van der Waals surface area contributed by atoms with Gasteiger partial charge in [0.1, 0.15) is 0 Å². The van der Waals surface area contributed by atoms with Gasteiger partial charge in [0, 0.05) is 37.7 Å². The first-order valence-electron chi connectivity index (χ1n) is 12.2. The van der Waals surface area contributed by atoms with Crippen molar-refractivity contribution in [2.24, 2.45) is 5.92 Å². The molecule has 0 bridgehead atoms. The summed E-state index contributed by atoms with van der Waals surface area (Å²) in [5, 5.41) is 0. The van der Waals surface area contributed by atoms with Gasteiger partial charge in [-0.1, -0.05) is 42.5 Å². The van der Waals surface area contributed by atoms with Crippen LogP contribution in [-0.2, 0) is 19.4 Å². The number of carbonyl (C=O) groups is 1. The van der Waals surface area contributed by atoms with Crippen molar-refractivity contribution < 1.29 is 4.79 Å². The fourth-order valence-electron chi connectivity index (χ4n) is 5.18. The van der Waals surface area contributed by atoms with Gasteiger partial charge < -0.3 is 4.90 Å². The second-order valence-electron chi connectivity index (χ2n) is 9.78. The van der Waals surface area contributed by atoms with Gasteiger partial charge in [-0.3, -0.25) is 9.69 Å². The van der Waals surface area contributed by atoms with Crippen LogP contribution in [0.4, 0.5) is 0 Å². The van der Waals surface area contributed by atoms with Gasteiger partial charge in [0.15, 0.2) is 5.78 Å². The SMILES string of the molecule is CC(C)N1CCC(CCC(=O)c2ccc3c(c2)CCN(Cc2ccccc2)CC3)CC1. The zero-order chi connectivity index (χ0) is 21.6. The zero-order valence-corrected chi connectivity index (χ0v) is 19.4. The fraction of sp³-hybridized carbons (Fsp3) is 0.536. The van der Waals surface area contributed by atoms with Crippen molar-refractivity contribution in [2.75, 3.05) is 26.2 Å². The predicted molar refractivity (Wildman–Crippen MR) is 129 cm³/mol. The third-order valence-electron chi connectivity index (χ3n) is 7.33. The average molecular weight is 419 g/mol. The van der Waals surface area contributed by atoms with Crippen LogP contribution in [-0.4, -0.2) is 47.8 Å². The summed E-state index contributed by atoms with van der Waals surface area (Å²) in [6, 6.07) is 17.9. The Morgan fingerprint density at radius 3 is 2.35 bits per heavy atom. The molecule has 166 valence electrons. The molecule has 0 spiro atoms. The normalized spacial score (nSPS) is 18.7. The molecule has 0 unspecified atom stereocenters. The third-order valence-corrected chi connectivity index (χ3v) is 7.33. The van der Waals surface area contributed by atoms with E-state index in [9.17, 15) is 4.79 Å². The molecule has 3 heteroatoms. The van der Waals surface area contributed by atoms with E-state index in [1.165, 1.54) is 42.6 Å². The lowest BCUT2D eigenvalue weighted by Crippen LogP contribution is -2.38. The highest BCUT2D eigenvalue weighted by molar-refractivity contribution is 5.96. The number of piperidine rings is 1. The molecule has 0 saturated carbocycles. The minimum atomic E-state index is 0.333. The molecular formula is C28H38N2O. The van der Waals surface area contributed by atoms with Crippen molar-refractivity contribution in [2.45, 2.75) is 65.0 Å². The standard InChI is InChI=1S/C28H38N2O/c1-22(2)30-18-12-23(13-19-30)8-11-28(31)27-10-9-25-14-16-29(17-15-26(25)20-27)21-24-6-4-3-5-7-24/h3-7,9-10,20,22-23H,8,11-19,21H2,1-2H3. The number of Topliss-reactive ketones (excluding diaryl/α,β-unsaturated/α-hetero) is 1. The van der Waals surface area contributed by atoms with Crippen LogP contribution in [0.3, 0.4) is 0 Å². The summed E-state index contributed by atoms with van der Waals surface area (Å²) in [6.45, 7) is 10.1. The minimum Gasteiger partial charge on any atom is -0.301 e. The lowest BCUT2D eigenvalue weighted by atomic mass is 9.89. The van der Waals surface area contributed by atoms with Crippen LogP contribution in [0.1, 0.15) is 66.6 Å². The van der Waals surface area contributed by atoms with E-state index in [1.807, 2.05) is 0 Å². The molecule has 1 fully saturated rings. The molecule has 1 saturated heterocycles. The Hall–Kier alpha value is -1.97. The summed E-state index contributed by atoms with van der Waals surface area (Å²) in [5.41, 5.74) is 5.11. The van der Waals surface area contributed by atoms with Crippen LogP contribution in [0.25, 0.3) is 0 Å². The third kappa shape index (κ3) is 6.05. The van der Waals surface area contributed by atoms with Crippen molar-refractivity contribution in [3.63, 3.8) is 0 Å². The fourth-order valence-corrected chi connectivity index (χ4v) is 5.18. The van der Waals surface area contributed by atoms with E-state index < -0.39 is 0 Å². The molecular weight excluding hydrogens is 380 g/mol. The summed E-state index contributed by atoms with van der Waals surface area (Å²) >= 11 is 0. The molecule has 2 aromatic carbocycles. The molecule has 31 heavy (non-hydrogen) atoms. The summed E-state index contributed by atoms with van der Waals surface area (Å²) < 4.78 is 0. The molecule has 2 aromatic rings. The number of carbonyl (C=O) groups excluding carboxylic acids is 1. The van der Waals surface area contributed by atoms with E-state index in [2.05, 4.69) is 72.2 Å². The van der Waals surface area contributed by atoms with Crippen LogP contribution in [0, 0.1) is 5.92 Å². The van der Waals surface area contributed by atoms with Crippen molar-refractivity contribution in [1.29, 1.82) is 0 Å². The van der Waals surface area contributed by atoms with Gasteiger partial charge in [0.2, 0.25) is 0 Å². The Morgan fingerprint density at radius 1 is 0.935 bits per heavy atom. The number of fused-ring (bicyclic) bond motifs is 1. The van der Waals surface area contributed by atoms with Gasteiger partial charge in [-0.15, -0.1) is 0 Å².